The van der Waals surface area contributed by atoms with E-state index in [2.05, 4.69) is 19.4 Å². The standard InChI is InChI=1S/C18H26N2O4/c1-12(2)14(21)23-18(24-15(22)13(3)4)9-16(5,6)20(11-19)17(7,8)10-18/h1,3,9-10H2,2,4-8H3. The highest BCUT2D eigenvalue weighted by molar-refractivity contribution is 5.89. The molecule has 1 rings (SSSR count). The van der Waals surface area contributed by atoms with Crippen LogP contribution < -0.4 is 0 Å². The first-order chi connectivity index (χ1) is 10.8. The molecule has 1 saturated heterocycles. The number of rotatable bonds is 4. The van der Waals surface area contributed by atoms with E-state index in [0.29, 0.717) is 0 Å². The molecule has 0 atom stereocenters. The van der Waals surface area contributed by atoms with E-state index in [9.17, 15) is 14.9 Å². The lowest BCUT2D eigenvalue weighted by Gasteiger charge is -2.55. The number of nitriles is 1. The van der Waals surface area contributed by atoms with Crippen molar-refractivity contribution in [1.29, 1.82) is 5.26 Å². The molecule has 0 radical (unpaired) electrons. The van der Waals surface area contributed by atoms with Crippen LogP contribution in [0.1, 0.15) is 54.4 Å². The Morgan fingerprint density at radius 2 is 1.29 bits per heavy atom. The Labute approximate surface area is 143 Å². The molecule has 0 bridgehead atoms. The molecule has 0 aromatic carbocycles. The van der Waals surface area contributed by atoms with E-state index in [4.69, 9.17) is 9.47 Å². The average Bonchev–Trinajstić information content (AvgIpc) is 2.35. The van der Waals surface area contributed by atoms with Crippen molar-refractivity contribution in [2.75, 3.05) is 0 Å². The SMILES string of the molecule is C=C(C)C(=O)OC1(OC(=O)C(=C)C)CC(C)(C)N(C#N)C(C)(C)C1. The molecule has 24 heavy (non-hydrogen) atoms. The van der Waals surface area contributed by atoms with E-state index < -0.39 is 28.8 Å². The van der Waals surface area contributed by atoms with E-state index in [0.717, 1.165) is 0 Å². The fraction of sp³-hybridized carbons (Fsp3) is 0.611. The molecule has 1 fully saturated rings. The first-order valence-electron chi connectivity index (χ1n) is 7.74. The maximum atomic E-state index is 12.1. The first kappa shape index (κ1) is 19.8. The van der Waals surface area contributed by atoms with Gasteiger partial charge in [-0.3, -0.25) is 4.90 Å². The smallest absolute Gasteiger partial charge is 0.336 e. The van der Waals surface area contributed by atoms with Gasteiger partial charge in [0.15, 0.2) is 6.19 Å². The number of esters is 2. The van der Waals surface area contributed by atoms with Gasteiger partial charge >= 0.3 is 11.9 Å². The van der Waals surface area contributed by atoms with Gasteiger partial charge in [-0.05, 0) is 41.5 Å². The summed E-state index contributed by atoms with van der Waals surface area (Å²) in [6.45, 7) is 17.6. The zero-order valence-electron chi connectivity index (χ0n) is 15.4. The maximum Gasteiger partial charge on any atom is 0.336 e. The Hall–Kier alpha value is -2.29. The van der Waals surface area contributed by atoms with E-state index in [-0.39, 0.29) is 24.0 Å². The predicted molar refractivity (Wildman–Crippen MR) is 89.4 cm³/mol. The van der Waals surface area contributed by atoms with Gasteiger partial charge in [0.2, 0.25) is 0 Å². The van der Waals surface area contributed by atoms with Crippen molar-refractivity contribution >= 4 is 11.9 Å². The Bertz CT molecular complexity index is 577. The molecular weight excluding hydrogens is 308 g/mol. The van der Waals surface area contributed by atoms with Crippen molar-refractivity contribution in [3.8, 4) is 6.19 Å². The summed E-state index contributed by atoms with van der Waals surface area (Å²) in [7, 11) is 0. The summed E-state index contributed by atoms with van der Waals surface area (Å²) in [6, 6.07) is 0. The summed E-state index contributed by atoms with van der Waals surface area (Å²) in [5, 5.41) is 9.50. The molecular formula is C18H26N2O4. The Morgan fingerprint density at radius 1 is 0.958 bits per heavy atom. The predicted octanol–water partition coefficient (Wildman–Crippen LogP) is 3.06. The van der Waals surface area contributed by atoms with Crippen molar-refractivity contribution < 1.29 is 19.1 Å². The number of carbonyl (C=O) groups excluding carboxylic acids is 2. The van der Waals surface area contributed by atoms with Gasteiger partial charge in [-0.1, -0.05) is 13.2 Å². The lowest BCUT2D eigenvalue weighted by molar-refractivity contribution is -0.261. The Balaban J connectivity index is 3.35. The van der Waals surface area contributed by atoms with Gasteiger partial charge in [0, 0.05) is 24.0 Å². The van der Waals surface area contributed by atoms with Crippen LogP contribution in [0, 0.1) is 11.5 Å². The first-order valence-corrected chi connectivity index (χ1v) is 7.74. The highest BCUT2D eigenvalue weighted by Crippen LogP contribution is 2.46. The van der Waals surface area contributed by atoms with Gasteiger partial charge < -0.3 is 9.47 Å². The number of ether oxygens (including phenoxy) is 2. The third-order valence-electron chi connectivity index (χ3n) is 3.97. The zero-order valence-corrected chi connectivity index (χ0v) is 15.4. The fourth-order valence-corrected chi connectivity index (χ4v) is 3.31. The van der Waals surface area contributed by atoms with Crippen LogP contribution in [0.2, 0.25) is 0 Å². The lowest BCUT2D eigenvalue weighted by Crippen LogP contribution is -2.65. The highest BCUT2D eigenvalue weighted by Gasteiger charge is 2.57. The normalized spacial score (nSPS) is 20.5. The van der Waals surface area contributed by atoms with Gasteiger partial charge in [-0.2, -0.15) is 5.26 Å². The third-order valence-corrected chi connectivity index (χ3v) is 3.97. The summed E-state index contributed by atoms with van der Waals surface area (Å²) in [6.07, 6.45) is 2.52. The van der Waals surface area contributed by atoms with Crippen molar-refractivity contribution in [2.45, 2.75) is 71.2 Å². The second kappa shape index (κ2) is 6.31. The van der Waals surface area contributed by atoms with Gasteiger partial charge in [-0.15, -0.1) is 0 Å². The van der Waals surface area contributed by atoms with Crippen molar-refractivity contribution in [2.24, 2.45) is 0 Å². The number of hydrogen-bond acceptors (Lipinski definition) is 6. The number of hydrogen-bond donors (Lipinski definition) is 0. The molecule has 6 heteroatoms. The van der Waals surface area contributed by atoms with Gasteiger partial charge in [0.1, 0.15) is 0 Å². The van der Waals surface area contributed by atoms with Crippen LogP contribution in [-0.4, -0.2) is 33.7 Å². The topological polar surface area (TPSA) is 79.6 Å². The number of likely N-dealkylation sites (tertiary alicyclic amines) is 1. The fourth-order valence-electron chi connectivity index (χ4n) is 3.31. The Kier molecular flexibility index (Phi) is 5.19. The monoisotopic (exact) mass is 334 g/mol. The maximum absolute atomic E-state index is 12.1. The summed E-state index contributed by atoms with van der Waals surface area (Å²) in [4.78, 5) is 25.9. The summed E-state index contributed by atoms with van der Waals surface area (Å²) in [5.41, 5.74) is -0.944. The Morgan fingerprint density at radius 3 is 1.54 bits per heavy atom. The molecule has 0 N–H and O–H groups in total. The summed E-state index contributed by atoms with van der Waals surface area (Å²) in [5.74, 6) is -2.75. The van der Waals surface area contributed by atoms with Gasteiger partial charge in [-0.25, -0.2) is 9.59 Å². The molecule has 0 aliphatic carbocycles. The number of carbonyl (C=O) groups is 2. The summed E-state index contributed by atoms with van der Waals surface area (Å²) < 4.78 is 11.1. The lowest BCUT2D eigenvalue weighted by atomic mass is 9.76. The molecule has 0 aromatic heterocycles. The van der Waals surface area contributed by atoms with Crippen LogP contribution in [0.25, 0.3) is 0 Å². The van der Waals surface area contributed by atoms with Gasteiger partial charge in [0.25, 0.3) is 5.79 Å². The molecule has 0 spiro atoms. The van der Waals surface area contributed by atoms with Crippen LogP contribution in [0.15, 0.2) is 24.3 Å². The molecule has 132 valence electrons. The van der Waals surface area contributed by atoms with Crippen LogP contribution in [0.5, 0.6) is 0 Å². The van der Waals surface area contributed by atoms with Crippen LogP contribution in [0.3, 0.4) is 0 Å². The minimum Gasteiger partial charge on any atom is -0.419 e. The second-order valence-corrected chi connectivity index (χ2v) is 7.66. The van der Waals surface area contributed by atoms with Crippen molar-refractivity contribution in [1.82, 2.24) is 4.90 Å². The van der Waals surface area contributed by atoms with Crippen molar-refractivity contribution in [3.63, 3.8) is 0 Å². The molecule has 1 heterocycles. The van der Waals surface area contributed by atoms with E-state index in [1.807, 2.05) is 27.7 Å². The number of nitrogens with zero attached hydrogens (tertiary/aromatic N) is 2. The second-order valence-electron chi connectivity index (χ2n) is 7.66. The zero-order chi connectivity index (χ0) is 18.9. The highest BCUT2D eigenvalue weighted by atomic mass is 16.7. The van der Waals surface area contributed by atoms with Gasteiger partial charge in [0.05, 0.1) is 11.1 Å². The molecule has 0 unspecified atom stereocenters. The molecule has 0 amide bonds. The molecule has 1 aliphatic rings. The van der Waals surface area contributed by atoms with Crippen LogP contribution in [-0.2, 0) is 19.1 Å². The number of piperidine rings is 1. The minimum atomic E-state index is -1.48. The molecule has 0 saturated carbocycles. The average molecular weight is 334 g/mol. The minimum absolute atomic E-state index is 0.162. The molecule has 6 nitrogen and oxygen atoms in total. The van der Waals surface area contributed by atoms with E-state index in [1.54, 1.807) is 4.90 Å². The molecule has 0 aromatic rings. The third kappa shape index (κ3) is 3.97. The van der Waals surface area contributed by atoms with Crippen LogP contribution >= 0.6 is 0 Å². The molecule has 1 aliphatic heterocycles. The van der Waals surface area contributed by atoms with E-state index in [1.165, 1.54) is 13.8 Å². The summed E-state index contributed by atoms with van der Waals surface area (Å²) >= 11 is 0. The van der Waals surface area contributed by atoms with Crippen molar-refractivity contribution in [3.05, 3.63) is 24.3 Å². The quantitative estimate of drug-likeness (QED) is 0.340. The van der Waals surface area contributed by atoms with E-state index >= 15 is 0 Å². The van der Waals surface area contributed by atoms with Crippen LogP contribution in [0.4, 0.5) is 0 Å². The largest absolute Gasteiger partial charge is 0.419 e.